The van der Waals surface area contributed by atoms with Crippen molar-refractivity contribution in [1.82, 2.24) is 5.32 Å². The van der Waals surface area contributed by atoms with Gasteiger partial charge < -0.3 is 11.1 Å². The van der Waals surface area contributed by atoms with Crippen molar-refractivity contribution < 1.29 is 13.2 Å². The maximum atomic E-state index is 11.5. The van der Waals surface area contributed by atoms with Gasteiger partial charge in [-0.25, -0.2) is 8.42 Å². The molecule has 0 aliphatic heterocycles. The Bertz CT molecular complexity index is 339. The summed E-state index contributed by atoms with van der Waals surface area (Å²) < 4.78 is 23.1. The summed E-state index contributed by atoms with van der Waals surface area (Å²) in [4.78, 5) is 11.5. The second-order valence-electron chi connectivity index (χ2n) is 5.08. The van der Waals surface area contributed by atoms with Crippen LogP contribution in [0.25, 0.3) is 0 Å². The molecule has 0 atom stereocenters. The van der Waals surface area contributed by atoms with E-state index in [1.807, 2.05) is 0 Å². The van der Waals surface area contributed by atoms with Crippen LogP contribution in [0, 0.1) is 5.92 Å². The van der Waals surface area contributed by atoms with E-state index in [-0.39, 0.29) is 30.6 Å². The lowest BCUT2D eigenvalue weighted by Crippen LogP contribution is -2.50. The molecule has 104 valence electrons. The van der Waals surface area contributed by atoms with Gasteiger partial charge in [0.05, 0.1) is 5.75 Å². The first-order valence-electron chi connectivity index (χ1n) is 5.29. The van der Waals surface area contributed by atoms with E-state index < -0.39 is 27.0 Å². The first-order valence-corrected chi connectivity index (χ1v) is 7.11. The van der Waals surface area contributed by atoms with Crippen molar-refractivity contribution in [3.8, 4) is 0 Å². The number of rotatable bonds is 6. The fourth-order valence-corrected chi connectivity index (χ4v) is 2.84. The van der Waals surface area contributed by atoms with Crippen LogP contribution in [-0.4, -0.2) is 37.9 Å². The van der Waals surface area contributed by atoms with Crippen molar-refractivity contribution >= 4 is 28.2 Å². The molecule has 0 heterocycles. The van der Waals surface area contributed by atoms with Crippen LogP contribution < -0.4 is 11.1 Å². The Labute approximate surface area is 110 Å². The Kier molecular flexibility index (Phi) is 8.03. The van der Waals surface area contributed by atoms with Crippen LogP contribution in [0.15, 0.2) is 0 Å². The molecule has 5 nitrogen and oxygen atoms in total. The molecule has 3 N–H and O–H groups in total. The predicted molar refractivity (Wildman–Crippen MR) is 72.0 cm³/mol. The monoisotopic (exact) mass is 286 g/mol. The minimum absolute atomic E-state index is 0. The zero-order valence-electron chi connectivity index (χ0n) is 10.8. The van der Waals surface area contributed by atoms with Crippen LogP contribution in [0.5, 0.6) is 0 Å². The number of halogens is 1. The van der Waals surface area contributed by atoms with Gasteiger partial charge >= 0.3 is 0 Å². The second-order valence-corrected chi connectivity index (χ2v) is 7.19. The fourth-order valence-electron chi connectivity index (χ4n) is 1.23. The van der Waals surface area contributed by atoms with Crippen molar-refractivity contribution in [1.29, 1.82) is 0 Å². The van der Waals surface area contributed by atoms with E-state index in [2.05, 4.69) is 5.32 Å². The molecule has 0 rings (SSSR count). The van der Waals surface area contributed by atoms with Crippen LogP contribution >= 0.6 is 12.4 Å². The maximum Gasteiger partial charge on any atom is 0.235 e. The van der Waals surface area contributed by atoms with Crippen molar-refractivity contribution in [3.63, 3.8) is 0 Å². The van der Waals surface area contributed by atoms with E-state index in [9.17, 15) is 13.2 Å². The molecule has 7 heteroatoms. The zero-order valence-corrected chi connectivity index (χ0v) is 12.5. The van der Waals surface area contributed by atoms with Crippen molar-refractivity contribution in [2.75, 3.05) is 18.1 Å². The average molecular weight is 287 g/mol. The molecule has 0 fully saturated rings. The maximum absolute atomic E-state index is 11.5. The molecule has 0 saturated heterocycles. The molecular weight excluding hydrogens is 264 g/mol. The summed E-state index contributed by atoms with van der Waals surface area (Å²) in [5.41, 5.74) is 4.87. The fraction of sp³-hybridized carbons (Fsp3) is 0.900. The molecule has 1 amide bonds. The number of carbonyl (C=O) groups is 1. The van der Waals surface area contributed by atoms with Gasteiger partial charge in [-0.15, -0.1) is 12.4 Å². The molecule has 0 saturated carbocycles. The lowest BCUT2D eigenvalue weighted by Gasteiger charge is -2.24. The minimum atomic E-state index is -3.31. The number of sulfone groups is 1. The van der Waals surface area contributed by atoms with E-state index >= 15 is 0 Å². The molecule has 0 unspecified atom stereocenters. The minimum Gasteiger partial charge on any atom is -0.349 e. The van der Waals surface area contributed by atoms with Crippen LogP contribution in [-0.2, 0) is 14.6 Å². The highest BCUT2D eigenvalue weighted by atomic mass is 35.5. The number of hydrogen-bond acceptors (Lipinski definition) is 4. The number of carbonyl (C=O) groups excluding carboxylic acids is 1. The Balaban J connectivity index is 0. The highest BCUT2D eigenvalue weighted by Gasteiger charge is 2.23. The molecule has 0 aromatic carbocycles. The Morgan fingerprint density at radius 3 is 2.18 bits per heavy atom. The molecule has 0 aromatic heterocycles. The molecule has 0 bridgehead atoms. The van der Waals surface area contributed by atoms with E-state index in [0.717, 1.165) is 0 Å². The van der Waals surface area contributed by atoms with Crippen LogP contribution in [0.1, 0.15) is 27.7 Å². The van der Waals surface area contributed by atoms with Crippen LogP contribution in [0.3, 0.4) is 0 Å². The standard InChI is InChI=1S/C10H22N2O3S.ClH/c1-8(2)5-16(14,15)6-9(13)12-10(3,4)7-11;/h8H,5-7,11H2,1-4H3,(H,12,13);1H. The summed E-state index contributed by atoms with van der Waals surface area (Å²) >= 11 is 0. The third kappa shape index (κ3) is 9.38. The van der Waals surface area contributed by atoms with Gasteiger partial charge in [-0.05, 0) is 19.8 Å². The highest BCUT2D eigenvalue weighted by molar-refractivity contribution is 7.92. The van der Waals surface area contributed by atoms with Crippen molar-refractivity contribution in [2.45, 2.75) is 33.2 Å². The van der Waals surface area contributed by atoms with Crippen LogP contribution in [0.2, 0.25) is 0 Å². The number of hydrogen-bond donors (Lipinski definition) is 2. The summed E-state index contributed by atoms with van der Waals surface area (Å²) in [6.45, 7) is 7.38. The van der Waals surface area contributed by atoms with E-state index in [0.29, 0.717) is 0 Å². The average Bonchev–Trinajstić information content (AvgIpc) is 1.98. The lowest BCUT2D eigenvalue weighted by atomic mass is 10.1. The van der Waals surface area contributed by atoms with Crippen LogP contribution in [0.4, 0.5) is 0 Å². The number of amides is 1. The molecule has 0 radical (unpaired) electrons. The van der Waals surface area contributed by atoms with Crippen molar-refractivity contribution in [3.05, 3.63) is 0 Å². The molecular formula is C10H23ClN2O3S. The Hall–Kier alpha value is -0.330. The van der Waals surface area contributed by atoms with E-state index in [1.165, 1.54) is 0 Å². The molecule has 17 heavy (non-hydrogen) atoms. The van der Waals surface area contributed by atoms with Gasteiger partial charge in [0.2, 0.25) is 5.91 Å². The summed E-state index contributed by atoms with van der Waals surface area (Å²) in [7, 11) is -3.31. The molecule has 0 spiro atoms. The van der Waals surface area contributed by atoms with Crippen molar-refractivity contribution in [2.24, 2.45) is 11.7 Å². The third-order valence-corrected chi connectivity index (χ3v) is 3.80. The number of nitrogens with one attached hydrogen (secondary N) is 1. The Morgan fingerprint density at radius 2 is 1.82 bits per heavy atom. The lowest BCUT2D eigenvalue weighted by molar-refractivity contribution is -0.120. The largest absolute Gasteiger partial charge is 0.349 e. The van der Waals surface area contributed by atoms with Gasteiger partial charge in [0, 0.05) is 12.1 Å². The number of nitrogens with two attached hydrogens (primary N) is 1. The van der Waals surface area contributed by atoms with Gasteiger partial charge in [0.15, 0.2) is 9.84 Å². The van der Waals surface area contributed by atoms with Gasteiger partial charge in [-0.2, -0.15) is 0 Å². The summed E-state index contributed by atoms with van der Waals surface area (Å²) in [5, 5.41) is 2.59. The highest BCUT2D eigenvalue weighted by Crippen LogP contribution is 2.03. The zero-order chi connectivity index (χ0) is 13.0. The summed E-state index contributed by atoms with van der Waals surface area (Å²) in [6, 6.07) is 0. The topological polar surface area (TPSA) is 89.3 Å². The van der Waals surface area contributed by atoms with Gasteiger partial charge in [-0.3, -0.25) is 4.79 Å². The quantitative estimate of drug-likeness (QED) is 0.736. The van der Waals surface area contributed by atoms with Gasteiger partial charge in [-0.1, -0.05) is 13.8 Å². The Morgan fingerprint density at radius 1 is 1.35 bits per heavy atom. The summed E-state index contributed by atoms with van der Waals surface area (Å²) in [5.74, 6) is -0.894. The van der Waals surface area contributed by atoms with E-state index in [1.54, 1.807) is 27.7 Å². The molecule has 0 aliphatic carbocycles. The first-order chi connectivity index (χ1) is 7.08. The smallest absolute Gasteiger partial charge is 0.235 e. The van der Waals surface area contributed by atoms with E-state index in [4.69, 9.17) is 5.73 Å². The first kappa shape index (κ1) is 19.0. The van der Waals surface area contributed by atoms with Gasteiger partial charge in [0.1, 0.15) is 5.75 Å². The molecule has 0 aromatic rings. The third-order valence-electron chi connectivity index (χ3n) is 1.93. The summed E-state index contributed by atoms with van der Waals surface area (Å²) in [6.07, 6.45) is 0. The van der Waals surface area contributed by atoms with Gasteiger partial charge in [0.25, 0.3) is 0 Å². The predicted octanol–water partition coefficient (Wildman–Crippen LogP) is 0.333. The normalized spacial score (nSPS) is 12.1. The SMILES string of the molecule is CC(C)CS(=O)(=O)CC(=O)NC(C)(C)CN.Cl. The second kappa shape index (κ2) is 7.18. The molecule has 0 aliphatic rings.